The SMILES string of the molecule is CCCCn1c(=O)c2[nH]c(N3CCCCC3)nc2n(C)c1=O. The average Bonchev–Trinajstić information content (AvgIpc) is 2.99. The molecule has 3 rings (SSSR count). The minimum Gasteiger partial charge on any atom is -0.342 e. The van der Waals surface area contributed by atoms with Crippen LogP contribution in [0.25, 0.3) is 11.2 Å². The Morgan fingerprint density at radius 2 is 1.91 bits per heavy atom. The lowest BCUT2D eigenvalue weighted by atomic mass is 10.1. The minimum atomic E-state index is -0.289. The van der Waals surface area contributed by atoms with Crippen LogP contribution in [-0.4, -0.2) is 32.2 Å². The van der Waals surface area contributed by atoms with E-state index in [1.165, 1.54) is 15.6 Å². The molecule has 0 aliphatic carbocycles. The fraction of sp³-hybridized carbons (Fsp3) is 0.667. The molecule has 1 aliphatic heterocycles. The minimum absolute atomic E-state index is 0.262. The molecule has 22 heavy (non-hydrogen) atoms. The zero-order valence-electron chi connectivity index (χ0n) is 13.3. The number of piperidine rings is 1. The third kappa shape index (κ3) is 2.44. The Morgan fingerprint density at radius 1 is 1.18 bits per heavy atom. The van der Waals surface area contributed by atoms with E-state index in [4.69, 9.17) is 0 Å². The molecule has 0 aromatic carbocycles. The van der Waals surface area contributed by atoms with Crippen LogP contribution >= 0.6 is 0 Å². The molecule has 7 nitrogen and oxygen atoms in total. The van der Waals surface area contributed by atoms with E-state index in [0.29, 0.717) is 23.7 Å². The van der Waals surface area contributed by atoms with Gasteiger partial charge in [-0.3, -0.25) is 13.9 Å². The first-order valence-corrected chi connectivity index (χ1v) is 8.08. The summed E-state index contributed by atoms with van der Waals surface area (Å²) in [5, 5.41) is 0. The van der Waals surface area contributed by atoms with E-state index in [9.17, 15) is 9.59 Å². The Bertz CT molecular complexity index is 780. The number of imidazole rings is 1. The zero-order valence-corrected chi connectivity index (χ0v) is 13.3. The van der Waals surface area contributed by atoms with Crippen molar-refractivity contribution in [2.45, 2.75) is 45.6 Å². The predicted octanol–water partition coefficient (Wildman–Crippen LogP) is 1.21. The molecule has 0 radical (unpaired) electrons. The van der Waals surface area contributed by atoms with Gasteiger partial charge >= 0.3 is 5.69 Å². The van der Waals surface area contributed by atoms with Crippen molar-refractivity contribution >= 4 is 17.1 Å². The van der Waals surface area contributed by atoms with Gasteiger partial charge in [-0.15, -0.1) is 0 Å². The smallest absolute Gasteiger partial charge is 0.332 e. The number of nitrogens with zero attached hydrogens (tertiary/aromatic N) is 4. The summed E-state index contributed by atoms with van der Waals surface area (Å²) in [6, 6.07) is 0. The van der Waals surface area contributed by atoms with Crippen LogP contribution in [0.3, 0.4) is 0 Å². The van der Waals surface area contributed by atoms with Gasteiger partial charge in [-0.25, -0.2) is 4.79 Å². The van der Waals surface area contributed by atoms with Gasteiger partial charge in [-0.1, -0.05) is 13.3 Å². The van der Waals surface area contributed by atoms with E-state index < -0.39 is 0 Å². The molecular formula is C15H23N5O2. The number of aromatic nitrogens is 4. The fourth-order valence-corrected chi connectivity index (χ4v) is 3.01. The van der Waals surface area contributed by atoms with Gasteiger partial charge in [0.2, 0.25) is 5.95 Å². The van der Waals surface area contributed by atoms with Crippen molar-refractivity contribution in [3.05, 3.63) is 20.8 Å². The highest BCUT2D eigenvalue weighted by molar-refractivity contribution is 5.73. The van der Waals surface area contributed by atoms with E-state index >= 15 is 0 Å². The molecule has 0 bridgehead atoms. The molecule has 0 atom stereocenters. The van der Waals surface area contributed by atoms with Gasteiger partial charge in [-0.2, -0.15) is 4.98 Å². The molecule has 0 amide bonds. The summed E-state index contributed by atoms with van der Waals surface area (Å²) in [5.41, 5.74) is 0.326. The number of nitrogens with one attached hydrogen (secondary N) is 1. The van der Waals surface area contributed by atoms with E-state index in [1.807, 2.05) is 6.92 Å². The third-order valence-electron chi connectivity index (χ3n) is 4.36. The molecule has 0 spiro atoms. The topological polar surface area (TPSA) is 75.9 Å². The van der Waals surface area contributed by atoms with Crippen molar-refractivity contribution in [3.8, 4) is 0 Å². The number of aryl methyl sites for hydroxylation is 1. The number of hydrogen-bond donors (Lipinski definition) is 1. The molecule has 0 unspecified atom stereocenters. The number of hydrogen-bond acceptors (Lipinski definition) is 4. The number of aromatic amines is 1. The van der Waals surface area contributed by atoms with Crippen molar-refractivity contribution in [2.24, 2.45) is 7.05 Å². The number of anilines is 1. The first-order chi connectivity index (χ1) is 10.6. The van der Waals surface area contributed by atoms with Crippen LogP contribution in [0.5, 0.6) is 0 Å². The third-order valence-corrected chi connectivity index (χ3v) is 4.36. The molecule has 1 fully saturated rings. The van der Waals surface area contributed by atoms with Crippen molar-refractivity contribution in [1.82, 2.24) is 19.1 Å². The molecule has 120 valence electrons. The molecule has 1 aliphatic rings. The Morgan fingerprint density at radius 3 is 2.59 bits per heavy atom. The monoisotopic (exact) mass is 305 g/mol. The number of H-pyrrole nitrogens is 1. The molecule has 2 aromatic rings. The summed E-state index contributed by atoms with van der Waals surface area (Å²) >= 11 is 0. The maximum absolute atomic E-state index is 12.6. The number of fused-ring (bicyclic) bond motifs is 1. The van der Waals surface area contributed by atoms with E-state index in [1.54, 1.807) is 7.05 Å². The van der Waals surface area contributed by atoms with E-state index in [2.05, 4.69) is 14.9 Å². The maximum atomic E-state index is 12.6. The van der Waals surface area contributed by atoms with Crippen LogP contribution in [-0.2, 0) is 13.6 Å². The second-order valence-corrected chi connectivity index (χ2v) is 5.96. The highest BCUT2D eigenvalue weighted by Crippen LogP contribution is 2.18. The van der Waals surface area contributed by atoms with Crippen molar-refractivity contribution in [3.63, 3.8) is 0 Å². The summed E-state index contributed by atoms with van der Waals surface area (Å²) in [4.78, 5) is 34.7. The molecule has 7 heteroatoms. The standard InChI is InChI=1S/C15H23N5O2/c1-3-4-10-20-13(21)11-12(18(2)15(20)22)17-14(16-11)19-8-6-5-7-9-19/h3-10H2,1-2H3,(H,16,17). The van der Waals surface area contributed by atoms with Crippen LogP contribution in [0, 0.1) is 0 Å². The number of unbranched alkanes of at least 4 members (excludes halogenated alkanes) is 1. The van der Waals surface area contributed by atoms with Gasteiger partial charge in [0.25, 0.3) is 5.56 Å². The second kappa shape index (κ2) is 5.98. The number of rotatable bonds is 4. The Hall–Kier alpha value is -2.05. The second-order valence-electron chi connectivity index (χ2n) is 5.96. The summed E-state index contributed by atoms with van der Waals surface area (Å²) in [5.74, 6) is 0.704. The summed E-state index contributed by atoms with van der Waals surface area (Å²) < 4.78 is 2.78. The van der Waals surface area contributed by atoms with Gasteiger partial charge in [-0.05, 0) is 25.7 Å². The van der Waals surface area contributed by atoms with Gasteiger partial charge in [0.1, 0.15) is 0 Å². The average molecular weight is 305 g/mol. The van der Waals surface area contributed by atoms with Crippen LogP contribution in [0.15, 0.2) is 9.59 Å². The summed E-state index contributed by atoms with van der Waals surface area (Å²) in [7, 11) is 1.67. The van der Waals surface area contributed by atoms with Crippen molar-refractivity contribution < 1.29 is 0 Å². The van der Waals surface area contributed by atoms with E-state index in [-0.39, 0.29) is 11.2 Å². The van der Waals surface area contributed by atoms with Gasteiger partial charge < -0.3 is 9.88 Å². The van der Waals surface area contributed by atoms with Gasteiger partial charge in [0, 0.05) is 26.7 Å². The summed E-state index contributed by atoms with van der Waals surface area (Å²) in [6.07, 6.45) is 5.26. The van der Waals surface area contributed by atoms with Gasteiger partial charge in [0.15, 0.2) is 11.2 Å². The normalized spacial score (nSPS) is 15.6. The molecular weight excluding hydrogens is 282 g/mol. The molecule has 1 saturated heterocycles. The van der Waals surface area contributed by atoms with E-state index in [0.717, 1.165) is 38.8 Å². The molecule has 2 aromatic heterocycles. The Balaban J connectivity index is 2.11. The summed E-state index contributed by atoms with van der Waals surface area (Å²) in [6.45, 7) is 4.38. The Kier molecular flexibility index (Phi) is 4.04. The largest absolute Gasteiger partial charge is 0.342 e. The molecule has 1 N–H and O–H groups in total. The van der Waals surface area contributed by atoms with Crippen LogP contribution in [0.1, 0.15) is 39.0 Å². The van der Waals surface area contributed by atoms with Gasteiger partial charge in [0.05, 0.1) is 0 Å². The lowest BCUT2D eigenvalue weighted by Gasteiger charge is -2.25. The first-order valence-electron chi connectivity index (χ1n) is 8.08. The molecule has 0 saturated carbocycles. The van der Waals surface area contributed by atoms with Crippen LogP contribution in [0.2, 0.25) is 0 Å². The fourth-order valence-electron chi connectivity index (χ4n) is 3.01. The Labute approximate surface area is 128 Å². The van der Waals surface area contributed by atoms with Crippen molar-refractivity contribution in [1.29, 1.82) is 0 Å². The highest BCUT2D eigenvalue weighted by atomic mass is 16.2. The molecule has 3 heterocycles. The van der Waals surface area contributed by atoms with Crippen LogP contribution in [0.4, 0.5) is 5.95 Å². The zero-order chi connectivity index (χ0) is 15.7. The first kappa shape index (κ1) is 14.9. The highest BCUT2D eigenvalue weighted by Gasteiger charge is 2.19. The predicted molar refractivity (Wildman–Crippen MR) is 86.6 cm³/mol. The van der Waals surface area contributed by atoms with Crippen LogP contribution < -0.4 is 16.1 Å². The maximum Gasteiger partial charge on any atom is 0.332 e. The van der Waals surface area contributed by atoms with Crippen molar-refractivity contribution in [2.75, 3.05) is 18.0 Å². The lowest BCUT2D eigenvalue weighted by molar-refractivity contribution is 0.566. The quantitative estimate of drug-likeness (QED) is 0.921. The lowest BCUT2D eigenvalue weighted by Crippen LogP contribution is -2.39.